The van der Waals surface area contributed by atoms with E-state index in [2.05, 4.69) is 18.7 Å². The maximum absolute atomic E-state index is 13.2. The molecular weight excluding hydrogens is 458 g/mol. The largest absolute Gasteiger partial charge is 0.340 e. The molecular formula is C25H34ClN3O3S. The van der Waals surface area contributed by atoms with Crippen LogP contribution in [0.15, 0.2) is 41.3 Å². The lowest BCUT2D eigenvalue weighted by molar-refractivity contribution is -0.138. The van der Waals surface area contributed by atoms with Crippen molar-refractivity contribution in [2.45, 2.75) is 50.5 Å². The van der Waals surface area contributed by atoms with Crippen molar-refractivity contribution in [3.8, 4) is 0 Å². The van der Waals surface area contributed by atoms with Gasteiger partial charge in [-0.2, -0.15) is 4.31 Å². The van der Waals surface area contributed by atoms with Crippen molar-refractivity contribution in [1.29, 1.82) is 0 Å². The predicted octanol–water partition coefficient (Wildman–Crippen LogP) is 4.23. The fourth-order valence-corrected chi connectivity index (χ4v) is 6.87. The number of carbonyl (C=O) groups is 1. The van der Waals surface area contributed by atoms with Crippen LogP contribution in [0.4, 0.5) is 0 Å². The second kappa shape index (κ2) is 10.3. The summed E-state index contributed by atoms with van der Waals surface area (Å²) in [4.78, 5) is 17.8. The summed E-state index contributed by atoms with van der Waals surface area (Å²) >= 11 is 6.04. The van der Waals surface area contributed by atoms with E-state index in [0.29, 0.717) is 37.2 Å². The van der Waals surface area contributed by atoms with E-state index in [0.717, 1.165) is 49.5 Å². The molecule has 2 saturated heterocycles. The Morgan fingerprint density at radius 3 is 2.18 bits per heavy atom. The number of piperazine rings is 1. The van der Waals surface area contributed by atoms with E-state index >= 15 is 0 Å². The van der Waals surface area contributed by atoms with Gasteiger partial charge in [-0.1, -0.05) is 37.6 Å². The van der Waals surface area contributed by atoms with Crippen molar-refractivity contribution in [3.05, 3.63) is 41.4 Å². The van der Waals surface area contributed by atoms with Crippen molar-refractivity contribution in [3.63, 3.8) is 0 Å². The quantitative estimate of drug-likeness (QED) is 0.606. The monoisotopic (exact) mass is 491 g/mol. The number of hydrogen-bond acceptors (Lipinski definition) is 4. The molecule has 2 fully saturated rings. The minimum absolute atomic E-state index is 0.0612. The van der Waals surface area contributed by atoms with E-state index in [1.165, 1.54) is 4.31 Å². The van der Waals surface area contributed by atoms with Gasteiger partial charge in [-0.3, -0.25) is 4.79 Å². The average Bonchev–Trinajstić information content (AvgIpc) is 2.84. The van der Waals surface area contributed by atoms with Gasteiger partial charge in [-0.05, 0) is 73.8 Å². The molecule has 0 spiro atoms. The van der Waals surface area contributed by atoms with Gasteiger partial charge in [0, 0.05) is 43.2 Å². The van der Waals surface area contributed by atoms with Crippen molar-refractivity contribution in [1.82, 2.24) is 14.1 Å². The molecule has 8 heteroatoms. The normalized spacial score (nSPS) is 19.5. The molecule has 6 nitrogen and oxygen atoms in total. The van der Waals surface area contributed by atoms with Crippen LogP contribution in [0, 0.1) is 5.92 Å². The number of fused-ring (bicyclic) bond motifs is 1. The summed E-state index contributed by atoms with van der Waals surface area (Å²) in [5.74, 6) is 0.255. The first-order valence-electron chi connectivity index (χ1n) is 12.1. The Balaban J connectivity index is 1.35. The topological polar surface area (TPSA) is 60.9 Å². The SMILES string of the molecule is CCC(CC)N1CCC(C(=O)N2CCN(S(=O)(=O)c3ccc4cc(Cl)ccc4c3)CC2)CC1. The van der Waals surface area contributed by atoms with Gasteiger partial charge in [-0.15, -0.1) is 0 Å². The molecule has 33 heavy (non-hydrogen) atoms. The van der Waals surface area contributed by atoms with Gasteiger partial charge < -0.3 is 9.80 Å². The minimum Gasteiger partial charge on any atom is -0.340 e. The Morgan fingerprint density at radius 2 is 1.55 bits per heavy atom. The minimum atomic E-state index is -3.60. The van der Waals surface area contributed by atoms with E-state index in [1.807, 2.05) is 17.0 Å². The Kier molecular flexibility index (Phi) is 7.63. The van der Waals surface area contributed by atoms with Crippen LogP contribution in [0.1, 0.15) is 39.5 Å². The lowest BCUT2D eigenvalue weighted by Gasteiger charge is -2.40. The van der Waals surface area contributed by atoms with Crippen LogP contribution in [0.5, 0.6) is 0 Å². The van der Waals surface area contributed by atoms with Crippen molar-refractivity contribution < 1.29 is 13.2 Å². The molecule has 2 aromatic carbocycles. The van der Waals surface area contributed by atoms with Crippen molar-refractivity contribution in [2.75, 3.05) is 39.3 Å². The number of likely N-dealkylation sites (tertiary alicyclic amines) is 1. The second-order valence-electron chi connectivity index (χ2n) is 9.16. The lowest BCUT2D eigenvalue weighted by atomic mass is 9.93. The second-order valence-corrected chi connectivity index (χ2v) is 11.5. The van der Waals surface area contributed by atoms with Gasteiger partial charge in [0.15, 0.2) is 0 Å². The standard InChI is InChI=1S/C25H34ClN3O3S/c1-3-23(4-2)27-11-9-19(10-12-27)25(30)28-13-15-29(16-14-28)33(31,32)24-8-6-20-17-22(26)7-5-21(20)18-24/h5-8,17-19,23H,3-4,9-16H2,1-2H3. The van der Waals surface area contributed by atoms with Crippen LogP contribution in [0.25, 0.3) is 10.8 Å². The molecule has 2 heterocycles. The zero-order valence-electron chi connectivity index (χ0n) is 19.5. The van der Waals surface area contributed by atoms with Gasteiger partial charge in [0.25, 0.3) is 0 Å². The van der Waals surface area contributed by atoms with E-state index in [4.69, 9.17) is 11.6 Å². The zero-order chi connectivity index (χ0) is 23.6. The van der Waals surface area contributed by atoms with Gasteiger partial charge in [0.2, 0.25) is 15.9 Å². The Labute approximate surface area is 202 Å². The Hall–Kier alpha value is -1.67. The van der Waals surface area contributed by atoms with Crippen LogP contribution < -0.4 is 0 Å². The third-order valence-corrected chi connectivity index (χ3v) is 9.43. The number of amides is 1. The molecule has 0 unspecified atom stereocenters. The van der Waals surface area contributed by atoms with Crippen LogP contribution in [0.3, 0.4) is 0 Å². The van der Waals surface area contributed by atoms with Crippen molar-refractivity contribution >= 4 is 38.3 Å². The zero-order valence-corrected chi connectivity index (χ0v) is 21.1. The summed E-state index contributed by atoms with van der Waals surface area (Å²) in [6.45, 7) is 7.98. The fourth-order valence-electron chi connectivity index (χ4n) is 5.23. The van der Waals surface area contributed by atoms with E-state index in [-0.39, 0.29) is 16.7 Å². The highest BCUT2D eigenvalue weighted by Gasteiger charge is 2.34. The third-order valence-electron chi connectivity index (χ3n) is 7.30. The van der Waals surface area contributed by atoms with Crippen LogP contribution in [-0.2, 0) is 14.8 Å². The summed E-state index contributed by atoms with van der Waals surface area (Å²) in [6.07, 6.45) is 4.09. The smallest absolute Gasteiger partial charge is 0.243 e. The predicted molar refractivity (Wildman–Crippen MR) is 133 cm³/mol. The molecule has 0 aliphatic carbocycles. The first-order valence-corrected chi connectivity index (χ1v) is 13.9. The molecule has 0 radical (unpaired) electrons. The van der Waals surface area contributed by atoms with Crippen molar-refractivity contribution in [2.24, 2.45) is 5.92 Å². The molecule has 4 rings (SSSR count). The number of hydrogen-bond donors (Lipinski definition) is 0. The molecule has 0 aromatic heterocycles. The van der Waals surface area contributed by atoms with Crippen LogP contribution >= 0.6 is 11.6 Å². The molecule has 1 amide bonds. The molecule has 0 bridgehead atoms. The highest BCUT2D eigenvalue weighted by Crippen LogP contribution is 2.27. The summed E-state index contributed by atoms with van der Waals surface area (Å²) in [7, 11) is -3.60. The molecule has 2 aliphatic rings. The summed E-state index contributed by atoms with van der Waals surface area (Å²) in [6, 6.07) is 11.2. The highest BCUT2D eigenvalue weighted by molar-refractivity contribution is 7.89. The Bertz CT molecular complexity index is 1090. The first kappa shape index (κ1) is 24.5. The average molecular weight is 492 g/mol. The number of rotatable bonds is 6. The number of carbonyl (C=O) groups excluding carboxylic acids is 1. The molecule has 180 valence electrons. The summed E-state index contributed by atoms with van der Waals surface area (Å²) in [5.41, 5.74) is 0. The van der Waals surface area contributed by atoms with Gasteiger partial charge in [-0.25, -0.2) is 8.42 Å². The lowest BCUT2D eigenvalue weighted by Crippen LogP contribution is -2.53. The number of benzene rings is 2. The molecule has 2 aliphatic heterocycles. The van der Waals surface area contributed by atoms with Crippen LogP contribution in [-0.4, -0.2) is 73.7 Å². The third kappa shape index (κ3) is 5.21. The molecule has 0 atom stereocenters. The summed E-state index contributed by atoms with van der Waals surface area (Å²) < 4.78 is 28.0. The molecule has 2 aromatic rings. The number of halogens is 1. The van der Waals surface area contributed by atoms with E-state index in [1.54, 1.807) is 24.3 Å². The number of nitrogens with zero attached hydrogens (tertiary/aromatic N) is 3. The van der Waals surface area contributed by atoms with Gasteiger partial charge in [0.1, 0.15) is 0 Å². The van der Waals surface area contributed by atoms with E-state index in [9.17, 15) is 13.2 Å². The van der Waals surface area contributed by atoms with Gasteiger partial charge >= 0.3 is 0 Å². The maximum Gasteiger partial charge on any atom is 0.243 e. The maximum atomic E-state index is 13.2. The highest BCUT2D eigenvalue weighted by atomic mass is 35.5. The first-order chi connectivity index (χ1) is 15.8. The molecule has 0 saturated carbocycles. The van der Waals surface area contributed by atoms with Gasteiger partial charge in [0.05, 0.1) is 4.90 Å². The van der Waals surface area contributed by atoms with E-state index < -0.39 is 10.0 Å². The molecule has 0 N–H and O–H groups in total. The van der Waals surface area contributed by atoms with Crippen LogP contribution in [0.2, 0.25) is 5.02 Å². The Morgan fingerprint density at radius 1 is 0.939 bits per heavy atom. The number of piperidine rings is 1. The fraction of sp³-hybridized carbons (Fsp3) is 0.560. The summed E-state index contributed by atoms with van der Waals surface area (Å²) in [5, 5.41) is 2.38. The number of sulfonamides is 1.